The number of hydrogen-bond donors (Lipinski definition) is 0. The van der Waals surface area contributed by atoms with Crippen molar-refractivity contribution in [3.8, 4) is 0 Å². The summed E-state index contributed by atoms with van der Waals surface area (Å²) in [5.41, 5.74) is 4.06. The Labute approximate surface area is 128 Å². The fourth-order valence-corrected chi connectivity index (χ4v) is 3.40. The van der Waals surface area contributed by atoms with Crippen LogP contribution in [-0.2, 0) is 13.0 Å². The number of halogens is 1. The Morgan fingerprint density at radius 2 is 1.95 bits per heavy atom. The summed E-state index contributed by atoms with van der Waals surface area (Å²) in [5, 5.41) is 1.08. The summed E-state index contributed by atoms with van der Waals surface area (Å²) in [7, 11) is 0. The second-order valence-electron chi connectivity index (χ2n) is 5.89. The van der Waals surface area contributed by atoms with Gasteiger partial charge < -0.3 is 4.57 Å². The molecule has 0 aliphatic heterocycles. The van der Waals surface area contributed by atoms with Crippen molar-refractivity contribution in [3.63, 3.8) is 0 Å². The van der Waals surface area contributed by atoms with Crippen molar-refractivity contribution in [1.82, 2.24) is 4.57 Å². The zero-order valence-electron chi connectivity index (χ0n) is 12.2. The molecular formula is C19H16FNO. The smallest absolute Gasteiger partial charge is 0.163 e. The molecule has 110 valence electrons. The lowest BCUT2D eigenvalue weighted by molar-refractivity contribution is 0.0983. The molecule has 1 aliphatic carbocycles. The molecule has 0 radical (unpaired) electrons. The van der Waals surface area contributed by atoms with Crippen LogP contribution in [0, 0.1) is 5.82 Å². The minimum Gasteiger partial charge on any atom is -0.343 e. The largest absolute Gasteiger partial charge is 0.343 e. The van der Waals surface area contributed by atoms with Gasteiger partial charge in [0.1, 0.15) is 5.82 Å². The molecule has 2 nitrogen and oxygen atoms in total. The van der Waals surface area contributed by atoms with Crippen LogP contribution in [0.1, 0.15) is 34.3 Å². The monoisotopic (exact) mass is 293 g/mol. The van der Waals surface area contributed by atoms with Crippen LogP contribution in [0.15, 0.2) is 48.7 Å². The maximum Gasteiger partial charge on any atom is 0.163 e. The molecular weight excluding hydrogens is 277 g/mol. The van der Waals surface area contributed by atoms with E-state index >= 15 is 0 Å². The van der Waals surface area contributed by atoms with Gasteiger partial charge in [-0.1, -0.05) is 24.3 Å². The number of benzene rings is 2. The molecule has 3 aromatic rings. The minimum absolute atomic E-state index is 0.217. The van der Waals surface area contributed by atoms with Crippen molar-refractivity contribution in [1.29, 1.82) is 0 Å². The molecule has 0 bridgehead atoms. The van der Waals surface area contributed by atoms with E-state index < -0.39 is 0 Å². The Morgan fingerprint density at radius 3 is 2.82 bits per heavy atom. The predicted molar refractivity (Wildman–Crippen MR) is 84.7 cm³/mol. The van der Waals surface area contributed by atoms with Crippen molar-refractivity contribution in [2.45, 2.75) is 25.8 Å². The molecule has 2 aromatic carbocycles. The van der Waals surface area contributed by atoms with Crippen LogP contribution in [0.3, 0.4) is 0 Å². The highest BCUT2D eigenvalue weighted by atomic mass is 19.1. The maximum absolute atomic E-state index is 13.4. The standard InChI is InChI=1S/C19H16FNO/c20-15-6-1-4-13(10-15)11-21-12-14-5-2-9-18(22)16-7-3-8-17(21)19(14)16/h1,3-4,6-8,10,12H,2,5,9,11H2. The topological polar surface area (TPSA) is 22.0 Å². The van der Waals surface area contributed by atoms with Crippen molar-refractivity contribution in [2.75, 3.05) is 0 Å². The Kier molecular flexibility index (Phi) is 3.07. The molecule has 3 heteroatoms. The molecule has 1 aliphatic rings. The van der Waals surface area contributed by atoms with Gasteiger partial charge in [-0.15, -0.1) is 0 Å². The first-order valence-corrected chi connectivity index (χ1v) is 7.61. The van der Waals surface area contributed by atoms with Crippen LogP contribution in [0.4, 0.5) is 4.39 Å². The van der Waals surface area contributed by atoms with Gasteiger partial charge in [0.05, 0.1) is 0 Å². The Hall–Kier alpha value is -2.42. The van der Waals surface area contributed by atoms with Crippen LogP contribution in [0.25, 0.3) is 10.9 Å². The highest BCUT2D eigenvalue weighted by Gasteiger charge is 2.20. The quantitative estimate of drug-likeness (QED) is 0.688. The molecule has 0 fully saturated rings. The van der Waals surface area contributed by atoms with Gasteiger partial charge in [-0.2, -0.15) is 0 Å². The van der Waals surface area contributed by atoms with E-state index in [0.29, 0.717) is 13.0 Å². The van der Waals surface area contributed by atoms with Gasteiger partial charge in [-0.05, 0) is 42.2 Å². The van der Waals surface area contributed by atoms with E-state index in [2.05, 4.69) is 10.8 Å². The number of Topliss-reactive ketones (excluding diaryl/α,β-unsaturated/α-hetero) is 1. The Bertz CT molecular complexity index is 878. The van der Waals surface area contributed by atoms with Crippen LogP contribution in [0.2, 0.25) is 0 Å². The van der Waals surface area contributed by atoms with Gasteiger partial charge in [0.25, 0.3) is 0 Å². The fourth-order valence-electron chi connectivity index (χ4n) is 3.40. The first kappa shape index (κ1) is 13.3. The van der Waals surface area contributed by atoms with E-state index in [4.69, 9.17) is 0 Å². The normalized spacial score (nSPS) is 14.3. The molecule has 1 heterocycles. The van der Waals surface area contributed by atoms with E-state index in [0.717, 1.165) is 34.9 Å². The molecule has 22 heavy (non-hydrogen) atoms. The lowest BCUT2D eigenvalue weighted by atomic mass is 10.0. The number of rotatable bonds is 2. The third-order valence-electron chi connectivity index (χ3n) is 4.38. The number of carbonyl (C=O) groups excluding carboxylic acids is 1. The summed E-state index contributed by atoms with van der Waals surface area (Å²) in [5.74, 6) is 0.0130. The Morgan fingerprint density at radius 1 is 1.09 bits per heavy atom. The number of hydrogen-bond acceptors (Lipinski definition) is 1. The van der Waals surface area contributed by atoms with Crippen molar-refractivity contribution < 1.29 is 9.18 Å². The molecule has 0 saturated carbocycles. The van der Waals surface area contributed by atoms with Crippen LogP contribution in [-0.4, -0.2) is 10.4 Å². The van der Waals surface area contributed by atoms with E-state index in [1.165, 1.54) is 11.6 Å². The summed E-state index contributed by atoms with van der Waals surface area (Å²) in [6.45, 7) is 0.617. The van der Waals surface area contributed by atoms with Crippen molar-refractivity contribution >= 4 is 16.7 Å². The molecule has 0 saturated heterocycles. The molecule has 1 aromatic heterocycles. The van der Waals surface area contributed by atoms with Crippen LogP contribution >= 0.6 is 0 Å². The van der Waals surface area contributed by atoms with E-state index in [-0.39, 0.29) is 11.6 Å². The number of carbonyl (C=O) groups is 1. The first-order chi connectivity index (χ1) is 10.7. The predicted octanol–water partition coefficient (Wildman–Crippen LogP) is 4.35. The number of aryl methyl sites for hydroxylation is 1. The van der Waals surface area contributed by atoms with Gasteiger partial charge in [0.2, 0.25) is 0 Å². The van der Waals surface area contributed by atoms with Crippen molar-refractivity contribution in [3.05, 3.63) is 71.2 Å². The summed E-state index contributed by atoms with van der Waals surface area (Å²) in [6.07, 6.45) is 4.57. The average Bonchev–Trinajstić information content (AvgIpc) is 2.76. The third-order valence-corrected chi connectivity index (χ3v) is 4.38. The van der Waals surface area contributed by atoms with Gasteiger partial charge in [-0.3, -0.25) is 4.79 Å². The van der Waals surface area contributed by atoms with Crippen molar-refractivity contribution in [2.24, 2.45) is 0 Å². The highest BCUT2D eigenvalue weighted by molar-refractivity contribution is 6.09. The molecule has 4 rings (SSSR count). The molecule has 0 unspecified atom stereocenters. The minimum atomic E-state index is -0.217. The van der Waals surface area contributed by atoms with Gasteiger partial charge >= 0.3 is 0 Å². The lowest BCUT2D eigenvalue weighted by Crippen LogP contribution is -2.01. The molecule has 0 N–H and O–H groups in total. The number of aromatic nitrogens is 1. The van der Waals surface area contributed by atoms with E-state index in [9.17, 15) is 9.18 Å². The second kappa shape index (κ2) is 5.09. The lowest BCUT2D eigenvalue weighted by Gasteiger charge is -2.07. The molecule has 0 atom stereocenters. The average molecular weight is 293 g/mol. The highest BCUT2D eigenvalue weighted by Crippen LogP contribution is 2.31. The van der Waals surface area contributed by atoms with E-state index in [1.807, 2.05) is 24.3 Å². The summed E-state index contributed by atoms with van der Waals surface area (Å²) in [4.78, 5) is 12.2. The number of nitrogens with zero attached hydrogens (tertiary/aromatic N) is 1. The first-order valence-electron chi connectivity index (χ1n) is 7.61. The van der Waals surface area contributed by atoms with E-state index in [1.54, 1.807) is 12.1 Å². The zero-order chi connectivity index (χ0) is 15.1. The van der Waals surface area contributed by atoms with Gasteiger partial charge in [0.15, 0.2) is 5.78 Å². The maximum atomic E-state index is 13.4. The van der Waals surface area contributed by atoms with Crippen LogP contribution < -0.4 is 0 Å². The van der Waals surface area contributed by atoms with Crippen LogP contribution in [0.5, 0.6) is 0 Å². The van der Waals surface area contributed by atoms with Gasteiger partial charge in [-0.25, -0.2) is 4.39 Å². The summed E-state index contributed by atoms with van der Waals surface area (Å²) >= 11 is 0. The SMILES string of the molecule is O=C1CCCc2cn(Cc3cccc(F)c3)c3cccc1c23. The summed E-state index contributed by atoms with van der Waals surface area (Å²) < 4.78 is 15.5. The Balaban J connectivity index is 1.86. The molecule has 0 amide bonds. The molecule has 0 spiro atoms. The second-order valence-corrected chi connectivity index (χ2v) is 5.89. The third kappa shape index (κ3) is 2.13. The number of ketones is 1. The zero-order valence-corrected chi connectivity index (χ0v) is 12.2. The fraction of sp³-hybridized carbons (Fsp3) is 0.211. The van der Waals surface area contributed by atoms with Gasteiger partial charge in [0, 0.05) is 35.6 Å². The summed E-state index contributed by atoms with van der Waals surface area (Å²) in [6, 6.07) is 12.6.